The topological polar surface area (TPSA) is 42.2 Å². The van der Waals surface area contributed by atoms with E-state index in [0.29, 0.717) is 12.6 Å². The van der Waals surface area contributed by atoms with Gasteiger partial charge in [-0.25, -0.2) is 9.37 Å². The van der Waals surface area contributed by atoms with E-state index in [1.54, 1.807) is 0 Å². The molecule has 1 fully saturated rings. The summed E-state index contributed by atoms with van der Waals surface area (Å²) in [6.45, 7) is 3.53. The summed E-state index contributed by atoms with van der Waals surface area (Å²) in [5.41, 5.74) is 6.48. The molecule has 3 nitrogen and oxygen atoms in total. The van der Waals surface area contributed by atoms with Gasteiger partial charge in [-0.1, -0.05) is 12.8 Å². The Morgan fingerprint density at radius 2 is 2.29 bits per heavy atom. The number of nitrogens with zero attached hydrogens (tertiary/aromatic N) is 2. The van der Waals surface area contributed by atoms with Gasteiger partial charge in [-0.05, 0) is 25.8 Å². The summed E-state index contributed by atoms with van der Waals surface area (Å²) in [5, 5.41) is 0. The molecule has 1 aromatic heterocycles. The first-order valence-electron chi connectivity index (χ1n) is 6.33. The van der Waals surface area contributed by atoms with Crippen molar-refractivity contribution in [3.8, 4) is 0 Å². The van der Waals surface area contributed by atoms with E-state index in [1.807, 2.05) is 0 Å². The van der Waals surface area contributed by atoms with Gasteiger partial charge in [-0.3, -0.25) is 0 Å². The number of anilines is 1. The molecule has 2 rings (SSSR count). The van der Waals surface area contributed by atoms with Gasteiger partial charge in [0.05, 0.1) is 6.20 Å². The maximum Gasteiger partial charge on any atom is 0.141 e. The van der Waals surface area contributed by atoms with Crippen molar-refractivity contribution in [3.63, 3.8) is 0 Å². The monoisotopic (exact) mass is 237 g/mol. The van der Waals surface area contributed by atoms with Crippen LogP contribution in [0, 0.1) is 5.82 Å². The number of halogens is 1. The number of hydrogen-bond donors (Lipinski definition) is 1. The fourth-order valence-corrected chi connectivity index (χ4v) is 2.47. The highest BCUT2D eigenvalue weighted by Gasteiger charge is 2.20. The van der Waals surface area contributed by atoms with E-state index in [9.17, 15) is 4.39 Å². The zero-order valence-corrected chi connectivity index (χ0v) is 10.3. The lowest BCUT2D eigenvalue weighted by atomic mass is 10.1. The third-order valence-electron chi connectivity index (χ3n) is 3.45. The average Bonchev–Trinajstić information content (AvgIpc) is 2.54. The third-order valence-corrected chi connectivity index (χ3v) is 3.45. The first kappa shape index (κ1) is 12.3. The van der Waals surface area contributed by atoms with Crippen LogP contribution in [0.1, 0.15) is 38.2 Å². The Morgan fingerprint density at radius 1 is 1.47 bits per heavy atom. The molecule has 0 aliphatic carbocycles. The molecule has 0 saturated carbocycles. The summed E-state index contributed by atoms with van der Waals surface area (Å²) in [4.78, 5) is 6.51. The predicted octanol–water partition coefficient (Wildman–Crippen LogP) is 2.45. The number of rotatable bonds is 2. The standard InChI is InChI=1S/C13H20FN3/c1-10-5-3-2-4-6-17(10)13-11(8-15)7-12(14)9-16-13/h7,9-10H,2-6,8,15H2,1H3. The van der Waals surface area contributed by atoms with Crippen LogP contribution in [-0.4, -0.2) is 17.6 Å². The number of nitrogens with two attached hydrogens (primary N) is 1. The molecule has 1 saturated heterocycles. The second kappa shape index (κ2) is 5.45. The molecule has 2 N–H and O–H groups in total. The first-order valence-corrected chi connectivity index (χ1v) is 6.33. The Morgan fingerprint density at radius 3 is 3.06 bits per heavy atom. The molecule has 0 amide bonds. The maximum absolute atomic E-state index is 13.1. The van der Waals surface area contributed by atoms with Crippen molar-refractivity contribution in [3.05, 3.63) is 23.6 Å². The Labute approximate surface area is 102 Å². The molecule has 1 aromatic rings. The van der Waals surface area contributed by atoms with Gasteiger partial charge in [-0.15, -0.1) is 0 Å². The van der Waals surface area contributed by atoms with Crippen LogP contribution in [0.3, 0.4) is 0 Å². The minimum atomic E-state index is -0.309. The van der Waals surface area contributed by atoms with Gasteiger partial charge in [0, 0.05) is 24.7 Å². The second-order valence-electron chi connectivity index (χ2n) is 4.73. The molecule has 1 aliphatic heterocycles. The summed E-state index contributed by atoms with van der Waals surface area (Å²) in [5.74, 6) is 0.556. The van der Waals surface area contributed by atoms with Gasteiger partial charge in [0.2, 0.25) is 0 Å². The van der Waals surface area contributed by atoms with Gasteiger partial charge >= 0.3 is 0 Å². The van der Waals surface area contributed by atoms with E-state index >= 15 is 0 Å². The summed E-state index contributed by atoms with van der Waals surface area (Å²) >= 11 is 0. The number of aromatic nitrogens is 1. The molecule has 0 aromatic carbocycles. The highest BCUT2D eigenvalue weighted by atomic mass is 19.1. The molecule has 94 valence electrons. The van der Waals surface area contributed by atoms with Crippen molar-refractivity contribution in [2.45, 2.75) is 45.2 Å². The van der Waals surface area contributed by atoms with E-state index in [-0.39, 0.29) is 5.82 Å². The van der Waals surface area contributed by atoms with Crippen molar-refractivity contribution in [2.24, 2.45) is 5.73 Å². The molecule has 17 heavy (non-hydrogen) atoms. The van der Waals surface area contributed by atoms with E-state index < -0.39 is 0 Å². The van der Waals surface area contributed by atoms with Crippen molar-refractivity contribution < 1.29 is 4.39 Å². The lowest BCUT2D eigenvalue weighted by molar-refractivity contribution is 0.597. The highest BCUT2D eigenvalue weighted by molar-refractivity contribution is 5.47. The van der Waals surface area contributed by atoms with Gasteiger partial charge in [-0.2, -0.15) is 0 Å². The van der Waals surface area contributed by atoms with Crippen LogP contribution in [0.5, 0.6) is 0 Å². The van der Waals surface area contributed by atoms with Crippen LogP contribution in [0.15, 0.2) is 12.3 Å². The summed E-state index contributed by atoms with van der Waals surface area (Å²) in [6, 6.07) is 1.96. The Hall–Kier alpha value is -1.16. The lowest BCUT2D eigenvalue weighted by Crippen LogP contribution is -2.34. The highest BCUT2D eigenvalue weighted by Crippen LogP contribution is 2.25. The predicted molar refractivity (Wildman–Crippen MR) is 67.4 cm³/mol. The Kier molecular flexibility index (Phi) is 3.94. The molecule has 2 heterocycles. The third kappa shape index (κ3) is 2.75. The zero-order valence-electron chi connectivity index (χ0n) is 10.3. The number of hydrogen-bond acceptors (Lipinski definition) is 3. The minimum absolute atomic E-state index is 0.309. The Balaban J connectivity index is 2.30. The van der Waals surface area contributed by atoms with Gasteiger partial charge in [0.1, 0.15) is 11.6 Å². The van der Waals surface area contributed by atoms with Crippen molar-refractivity contribution >= 4 is 5.82 Å². The molecule has 0 bridgehead atoms. The van der Waals surface area contributed by atoms with E-state index in [1.165, 1.54) is 37.9 Å². The molecular weight excluding hydrogens is 217 g/mol. The SMILES string of the molecule is CC1CCCCCN1c1ncc(F)cc1CN. The summed E-state index contributed by atoms with van der Waals surface area (Å²) in [6.07, 6.45) is 6.15. The smallest absolute Gasteiger partial charge is 0.141 e. The van der Waals surface area contributed by atoms with Crippen molar-refractivity contribution in [2.75, 3.05) is 11.4 Å². The van der Waals surface area contributed by atoms with Crippen LogP contribution < -0.4 is 10.6 Å². The van der Waals surface area contributed by atoms with E-state index in [0.717, 1.165) is 17.9 Å². The minimum Gasteiger partial charge on any atom is -0.354 e. The molecule has 1 atom stereocenters. The van der Waals surface area contributed by atoms with Crippen LogP contribution >= 0.6 is 0 Å². The first-order chi connectivity index (χ1) is 8.22. The van der Waals surface area contributed by atoms with Crippen LogP contribution in [0.25, 0.3) is 0 Å². The van der Waals surface area contributed by atoms with Crippen molar-refractivity contribution in [1.29, 1.82) is 0 Å². The Bertz CT molecular complexity index is 381. The summed E-state index contributed by atoms with van der Waals surface area (Å²) in [7, 11) is 0. The molecule has 0 spiro atoms. The zero-order chi connectivity index (χ0) is 12.3. The molecule has 0 radical (unpaired) electrons. The normalized spacial score (nSPS) is 21.4. The summed E-state index contributed by atoms with van der Waals surface area (Å²) < 4.78 is 13.1. The van der Waals surface area contributed by atoms with E-state index in [2.05, 4.69) is 16.8 Å². The van der Waals surface area contributed by atoms with E-state index in [4.69, 9.17) is 5.73 Å². The van der Waals surface area contributed by atoms with Gasteiger partial charge in [0.15, 0.2) is 0 Å². The van der Waals surface area contributed by atoms with Gasteiger partial charge in [0.25, 0.3) is 0 Å². The lowest BCUT2D eigenvalue weighted by Gasteiger charge is -2.29. The van der Waals surface area contributed by atoms with Gasteiger partial charge < -0.3 is 10.6 Å². The fraction of sp³-hybridized carbons (Fsp3) is 0.615. The van der Waals surface area contributed by atoms with Crippen molar-refractivity contribution in [1.82, 2.24) is 4.98 Å². The second-order valence-corrected chi connectivity index (χ2v) is 4.73. The quantitative estimate of drug-likeness (QED) is 0.859. The maximum atomic E-state index is 13.1. The molecule has 1 aliphatic rings. The van der Waals surface area contributed by atoms with Crippen LogP contribution in [0.4, 0.5) is 10.2 Å². The fourth-order valence-electron chi connectivity index (χ4n) is 2.47. The molecule has 4 heteroatoms. The molecule has 1 unspecified atom stereocenters. The van der Waals surface area contributed by atoms with Crippen LogP contribution in [-0.2, 0) is 6.54 Å². The van der Waals surface area contributed by atoms with Crippen LogP contribution in [0.2, 0.25) is 0 Å². The average molecular weight is 237 g/mol. The largest absolute Gasteiger partial charge is 0.354 e. The number of pyridine rings is 1. The molecular formula is C13H20FN3.